The van der Waals surface area contributed by atoms with Crippen LogP contribution in [0.1, 0.15) is 11.3 Å². The molecule has 3 heteroatoms. The summed E-state index contributed by atoms with van der Waals surface area (Å²) in [6, 6.07) is 18.7. The lowest BCUT2D eigenvalue weighted by molar-refractivity contribution is 0.985. The quantitative estimate of drug-likeness (QED) is 0.667. The van der Waals surface area contributed by atoms with Crippen LogP contribution in [-0.4, -0.2) is 9.55 Å². The summed E-state index contributed by atoms with van der Waals surface area (Å²) < 4.78 is 2.80. The first kappa shape index (κ1) is 12.9. The first-order chi connectivity index (χ1) is 9.66. The van der Waals surface area contributed by atoms with Crippen molar-refractivity contribution in [3.63, 3.8) is 0 Å². The van der Waals surface area contributed by atoms with E-state index >= 15 is 0 Å². The standard InChI is InChI=1S/C17H16N2S/c1-12-8-10-14(11-9-12)16-13(2)19(17(20)18-16)15-6-4-3-5-7-15/h3-11H,1-2H3,(H,18,20). The topological polar surface area (TPSA) is 20.7 Å². The monoisotopic (exact) mass is 280 g/mol. The maximum Gasteiger partial charge on any atom is 0.182 e. The average Bonchev–Trinajstić information content (AvgIpc) is 2.76. The minimum Gasteiger partial charge on any atom is -0.330 e. The van der Waals surface area contributed by atoms with E-state index in [9.17, 15) is 0 Å². The fourth-order valence-electron chi connectivity index (χ4n) is 2.41. The van der Waals surface area contributed by atoms with Gasteiger partial charge in [0.1, 0.15) is 0 Å². The van der Waals surface area contributed by atoms with Gasteiger partial charge in [-0.15, -0.1) is 0 Å². The molecule has 100 valence electrons. The lowest BCUT2D eigenvalue weighted by Gasteiger charge is -2.06. The van der Waals surface area contributed by atoms with E-state index in [2.05, 4.69) is 59.8 Å². The predicted molar refractivity (Wildman–Crippen MR) is 85.9 cm³/mol. The van der Waals surface area contributed by atoms with E-state index in [0.717, 1.165) is 27.4 Å². The van der Waals surface area contributed by atoms with Crippen LogP contribution in [0.4, 0.5) is 0 Å². The molecule has 0 bridgehead atoms. The highest BCUT2D eigenvalue weighted by atomic mass is 32.1. The number of hydrogen-bond donors (Lipinski definition) is 1. The van der Waals surface area contributed by atoms with Gasteiger partial charge in [0, 0.05) is 11.4 Å². The van der Waals surface area contributed by atoms with Crippen molar-refractivity contribution in [1.29, 1.82) is 0 Å². The Morgan fingerprint density at radius 3 is 2.20 bits per heavy atom. The summed E-state index contributed by atoms with van der Waals surface area (Å²) in [5.74, 6) is 0. The van der Waals surface area contributed by atoms with Crippen LogP contribution in [0.2, 0.25) is 0 Å². The predicted octanol–water partition coefficient (Wildman–Crippen LogP) is 4.82. The fraction of sp³-hybridized carbons (Fsp3) is 0.118. The molecule has 2 aromatic carbocycles. The number of aromatic amines is 1. The van der Waals surface area contributed by atoms with Crippen molar-refractivity contribution < 1.29 is 0 Å². The Kier molecular flexibility index (Phi) is 3.28. The van der Waals surface area contributed by atoms with Gasteiger partial charge in [-0.1, -0.05) is 48.0 Å². The molecule has 0 spiro atoms. The zero-order valence-corrected chi connectivity index (χ0v) is 12.4. The molecule has 1 N–H and O–H groups in total. The molecule has 0 saturated heterocycles. The van der Waals surface area contributed by atoms with Crippen LogP contribution in [0.3, 0.4) is 0 Å². The zero-order valence-electron chi connectivity index (χ0n) is 11.6. The number of nitrogens with one attached hydrogen (secondary N) is 1. The number of hydrogen-bond acceptors (Lipinski definition) is 1. The number of para-hydroxylation sites is 1. The van der Waals surface area contributed by atoms with Crippen molar-refractivity contribution in [2.75, 3.05) is 0 Å². The summed E-state index contributed by atoms with van der Waals surface area (Å²) in [4.78, 5) is 3.32. The highest BCUT2D eigenvalue weighted by Crippen LogP contribution is 2.25. The summed E-state index contributed by atoms with van der Waals surface area (Å²) in [6.07, 6.45) is 0. The minimum atomic E-state index is 0.726. The summed E-state index contributed by atoms with van der Waals surface area (Å²) in [6.45, 7) is 4.18. The number of aromatic nitrogens is 2. The van der Waals surface area contributed by atoms with E-state index in [4.69, 9.17) is 12.2 Å². The van der Waals surface area contributed by atoms with Crippen molar-refractivity contribution in [2.45, 2.75) is 13.8 Å². The van der Waals surface area contributed by atoms with Crippen molar-refractivity contribution >= 4 is 12.2 Å². The second-order valence-electron chi connectivity index (χ2n) is 4.93. The molecule has 0 aliphatic heterocycles. The van der Waals surface area contributed by atoms with Crippen molar-refractivity contribution in [3.05, 3.63) is 70.6 Å². The van der Waals surface area contributed by atoms with Crippen LogP contribution in [0.15, 0.2) is 54.6 Å². The Morgan fingerprint density at radius 1 is 0.900 bits per heavy atom. The molecule has 0 aliphatic rings. The van der Waals surface area contributed by atoms with E-state index in [0.29, 0.717) is 0 Å². The molecule has 0 amide bonds. The Balaban J connectivity index is 2.17. The lowest BCUT2D eigenvalue weighted by atomic mass is 10.1. The second-order valence-corrected chi connectivity index (χ2v) is 5.31. The first-order valence-electron chi connectivity index (χ1n) is 6.61. The summed E-state index contributed by atoms with van der Waals surface area (Å²) in [7, 11) is 0. The average molecular weight is 280 g/mol. The fourth-order valence-corrected chi connectivity index (χ4v) is 2.75. The largest absolute Gasteiger partial charge is 0.330 e. The van der Waals surface area contributed by atoms with E-state index < -0.39 is 0 Å². The SMILES string of the molecule is Cc1ccc(-c2[nH]c(=S)n(-c3ccccc3)c2C)cc1. The lowest BCUT2D eigenvalue weighted by Crippen LogP contribution is -1.96. The zero-order chi connectivity index (χ0) is 14.1. The Hall–Kier alpha value is -2.13. The molecule has 3 aromatic rings. The molecule has 0 atom stereocenters. The molecule has 0 saturated carbocycles. The van der Waals surface area contributed by atoms with Crippen LogP contribution in [0.5, 0.6) is 0 Å². The number of rotatable bonds is 2. The van der Waals surface area contributed by atoms with Gasteiger partial charge in [0.05, 0.1) is 5.69 Å². The molecule has 0 unspecified atom stereocenters. The van der Waals surface area contributed by atoms with Crippen molar-refractivity contribution in [3.8, 4) is 16.9 Å². The minimum absolute atomic E-state index is 0.726. The molecule has 0 radical (unpaired) electrons. The Morgan fingerprint density at radius 2 is 1.55 bits per heavy atom. The molecule has 1 heterocycles. The number of nitrogens with zero attached hydrogens (tertiary/aromatic N) is 1. The van der Waals surface area contributed by atoms with Crippen LogP contribution < -0.4 is 0 Å². The maximum atomic E-state index is 5.48. The second kappa shape index (κ2) is 5.10. The molecule has 0 fully saturated rings. The van der Waals surface area contributed by atoms with E-state index in [1.165, 1.54) is 5.56 Å². The molecule has 2 nitrogen and oxygen atoms in total. The molecule has 1 aromatic heterocycles. The van der Waals surface area contributed by atoms with Gasteiger partial charge in [-0.25, -0.2) is 0 Å². The highest BCUT2D eigenvalue weighted by molar-refractivity contribution is 7.71. The van der Waals surface area contributed by atoms with E-state index in [-0.39, 0.29) is 0 Å². The van der Waals surface area contributed by atoms with Gasteiger partial charge < -0.3 is 4.98 Å². The van der Waals surface area contributed by atoms with Gasteiger partial charge in [-0.2, -0.15) is 0 Å². The van der Waals surface area contributed by atoms with Gasteiger partial charge in [0.2, 0.25) is 0 Å². The number of aryl methyl sites for hydroxylation is 1. The third kappa shape index (κ3) is 2.21. The van der Waals surface area contributed by atoms with Gasteiger partial charge in [-0.3, -0.25) is 4.57 Å². The molecule has 0 aliphatic carbocycles. The van der Waals surface area contributed by atoms with E-state index in [1.54, 1.807) is 0 Å². The first-order valence-corrected chi connectivity index (χ1v) is 7.02. The smallest absolute Gasteiger partial charge is 0.182 e. The van der Waals surface area contributed by atoms with Crippen LogP contribution in [-0.2, 0) is 0 Å². The molecule has 20 heavy (non-hydrogen) atoms. The highest BCUT2D eigenvalue weighted by Gasteiger charge is 2.10. The van der Waals surface area contributed by atoms with E-state index in [1.807, 2.05) is 18.2 Å². The Labute approximate surface area is 123 Å². The molecular weight excluding hydrogens is 264 g/mol. The van der Waals surface area contributed by atoms with Gasteiger partial charge in [0.25, 0.3) is 0 Å². The summed E-state index contributed by atoms with van der Waals surface area (Å²) >= 11 is 5.48. The van der Waals surface area contributed by atoms with Crippen LogP contribution in [0.25, 0.3) is 16.9 Å². The third-order valence-corrected chi connectivity index (χ3v) is 3.77. The number of imidazole rings is 1. The summed E-state index contributed by atoms with van der Waals surface area (Å²) in [5.41, 5.74) is 5.72. The van der Waals surface area contributed by atoms with Gasteiger partial charge >= 0.3 is 0 Å². The third-order valence-electron chi connectivity index (χ3n) is 3.49. The normalized spacial score (nSPS) is 10.7. The number of H-pyrrole nitrogens is 1. The molecular formula is C17H16N2S. The maximum absolute atomic E-state index is 5.48. The number of benzene rings is 2. The Bertz CT molecular complexity index is 780. The van der Waals surface area contributed by atoms with Crippen molar-refractivity contribution in [1.82, 2.24) is 9.55 Å². The summed E-state index contributed by atoms with van der Waals surface area (Å²) in [5, 5.41) is 0. The van der Waals surface area contributed by atoms with Crippen LogP contribution in [0, 0.1) is 18.6 Å². The van der Waals surface area contributed by atoms with Crippen LogP contribution >= 0.6 is 12.2 Å². The van der Waals surface area contributed by atoms with Gasteiger partial charge in [-0.05, 0) is 43.8 Å². The van der Waals surface area contributed by atoms with Crippen molar-refractivity contribution in [2.24, 2.45) is 0 Å². The molecule has 3 rings (SSSR count). The van der Waals surface area contributed by atoms with Gasteiger partial charge in [0.15, 0.2) is 4.77 Å².